The van der Waals surface area contributed by atoms with Crippen molar-refractivity contribution in [3.05, 3.63) is 59.9 Å². The zero-order valence-electron chi connectivity index (χ0n) is 13.1. The summed E-state index contributed by atoms with van der Waals surface area (Å²) in [5, 5.41) is 22.5. The molecule has 2 aromatic rings. The van der Waals surface area contributed by atoms with Crippen LogP contribution in [0.2, 0.25) is 0 Å². The van der Waals surface area contributed by atoms with Crippen LogP contribution in [-0.4, -0.2) is 33.9 Å². The van der Waals surface area contributed by atoms with Crippen molar-refractivity contribution in [3.8, 4) is 0 Å². The Bertz CT molecular complexity index is 651. The van der Waals surface area contributed by atoms with E-state index in [1.54, 1.807) is 6.07 Å². The van der Waals surface area contributed by atoms with E-state index in [1.165, 1.54) is 12.3 Å². The van der Waals surface area contributed by atoms with E-state index in [9.17, 15) is 15.0 Å². The van der Waals surface area contributed by atoms with Crippen LogP contribution < -0.4 is 11.1 Å². The van der Waals surface area contributed by atoms with Gasteiger partial charge in [0, 0.05) is 18.4 Å². The molecule has 1 aromatic heterocycles. The molecule has 128 valence electrons. The van der Waals surface area contributed by atoms with E-state index in [0.29, 0.717) is 5.69 Å². The maximum Gasteiger partial charge on any atom is 0.407 e. The number of nitrogens with two attached hydrogens (primary N) is 1. The normalized spacial score (nSPS) is 13.1. The summed E-state index contributed by atoms with van der Waals surface area (Å²) in [5.74, 6) is 0. The number of ether oxygens (including phenoxy) is 1. The predicted molar refractivity (Wildman–Crippen MR) is 88.9 cm³/mol. The van der Waals surface area contributed by atoms with E-state index in [-0.39, 0.29) is 25.3 Å². The molecule has 5 N–H and O–H groups in total. The zero-order valence-corrected chi connectivity index (χ0v) is 13.1. The number of anilines is 1. The Morgan fingerprint density at radius 3 is 2.71 bits per heavy atom. The van der Waals surface area contributed by atoms with E-state index >= 15 is 0 Å². The summed E-state index contributed by atoms with van der Waals surface area (Å²) in [6.07, 6.45) is -1.22. The molecule has 2 atom stereocenters. The van der Waals surface area contributed by atoms with Crippen LogP contribution in [0.3, 0.4) is 0 Å². The molecule has 24 heavy (non-hydrogen) atoms. The molecule has 2 rings (SSSR count). The molecule has 1 aromatic carbocycles. The number of amides is 1. The van der Waals surface area contributed by atoms with Gasteiger partial charge in [0.2, 0.25) is 0 Å². The molecule has 0 fully saturated rings. The third-order valence-corrected chi connectivity index (χ3v) is 3.39. The van der Waals surface area contributed by atoms with Crippen molar-refractivity contribution in [2.45, 2.75) is 25.2 Å². The largest absolute Gasteiger partial charge is 0.445 e. The maximum atomic E-state index is 11.6. The van der Waals surface area contributed by atoms with Crippen LogP contribution in [0.5, 0.6) is 0 Å². The van der Waals surface area contributed by atoms with Crippen LogP contribution in [0.25, 0.3) is 0 Å². The molecule has 0 saturated carbocycles. The van der Waals surface area contributed by atoms with Crippen molar-refractivity contribution in [1.29, 1.82) is 0 Å². The molecular weight excluding hydrogens is 310 g/mol. The van der Waals surface area contributed by atoms with Gasteiger partial charge < -0.3 is 26.0 Å². The van der Waals surface area contributed by atoms with Crippen molar-refractivity contribution in [2.75, 3.05) is 12.3 Å². The van der Waals surface area contributed by atoms with E-state index in [4.69, 9.17) is 10.5 Å². The van der Waals surface area contributed by atoms with Crippen LogP contribution in [0, 0.1) is 0 Å². The maximum absolute atomic E-state index is 11.6. The number of rotatable bonds is 7. The van der Waals surface area contributed by atoms with Crippen LogP contribution in [0.4, 0.5) is 10.5 Å². The number of nitrogen functional groups attached to an aromatic ring is 1. The zero-order chi connectivity index (χ0) is 17.4. The molecule has 0 radical (unpaired) electrons. The average molecular weight is 331 g/mol. The van der Waals surface area contributed by atoms with Crippen molar-refractivity contribution in [2.24, 2.45) is 0 Å². The van der Waals surface area contributed by atoms with Crippen molar-refractivity contribution in [3.63, 3.8) is 0 Å². The number of hydrogen-bond acceptors (Lipinski definition) is 6. The number of pyridine rings is 1. The minimum Gasteiger partial charge on any atom is -0.445 e. The molecule has 0 aliphatic rings. The Labute approximate surface area is 140 Å². The molecule has 0 aliphatic carbocycles. The molecule has 1 amide bonds. The number of alkyl carbamates (subject to hydrolysis) is 1. The summed E-state index contributed by atoms with van der Waals surface area (Å²) in [6.45, 7) is 0.333. The van der Waals surface area contributed by atoms with Gasteiger partial charge in [-0.25, -0.2) is 4.79 Å². The van der Waals surface area contributed by atoms with Crippen molar-refractivity contribution in [1.82, 2.24) is 10.3 Å². The summed E-state index contributed by atoms with van der Waals surface area (Å²) in [4.78, 5) is 15.5. The minimum absolute atomic E-state index is 0.151. The van der Waals surface area contributed by atoms with Gasteiger partial charge in [-0.15, -0.1) is 0 Å². The Balaban J connectivity index is 1.70. The molecule has 2 unspecified atom stereocenters. The number of carbonyl (C=O) groups excluding carboxylic acids is 1. The molecule has 0 aliphatic heterocycles. The van der Waals surface area contributed by atoms with E-state index in [0.717, 1.165) is 5.56 Å². The molecule has 0 saturated heterocycles. The number of nitrogens with one attached hydrogen (secondary N) is 1. The first kappa shape index (κ1) is 17.7. The van der Waals surface area contributed by atoms with Gasteiger partial charge in [-0.05, 0) is 24.1 Å². The minimum atomic E-state index is -1.17. The second-order valence-corrected chi connectivity index (χ2v) is 5.30. The summed E-state index contributed by atoms with van der Waals surface area (Å²) in [7, 11) is 0. The van der Waals surface area contributed by atoms with Gasteiger partial charge in [0.05, 0.1) is 11.8 Å². The fourth-order valence-electron chi connectivity index (χ4n) is 2.08. The van der Waals surface area contributed by atoms with Crippen LogP contribution in [0.15, 0.2) is 48.7 Å². The topological polar surface area (TPSA) is 118 Å². The van der Waals surface area contributed by atoms with Crippen LogP contribution in [-0.2, 0) is 11.3 Å². The standard InChI is InChI=1S/C17H21N3O4/c18-13-6-8-19-14(10-13)16(22)15(21)7-9-20-17(23)24-11-12-4-2-1-3-5-12/h1-6,8,10,15-16,21-22H,7,9,11H2,(H2,18,19)(H,20,23). The van der Waals surface area contributed by atoms with Gasteiger partial charge in [0.25, 0.3) is 0 Å². The Morgan fingerprint density at radius 2 is 2.00 bits per heavy atom. The lowest BCUT2D eigenvalue weighted by Gasteiger charge is -2.17. The Morgan fingerprint density at radius 1 is 1.25 bits per heavy atom. The number of benzene rings is 1. The Hall–Kier alpha value is -2.64. The van der Waals surface area contributed by atoms with Crippen molar-refractivity contribution < 1.29 is 19.7 Å². The first-order valence-corrected chi connectivity index (χ1v) is 7.58. The van der Waals surface area contributed by atoms with Gasteiger partial charge in [-0.3, -0.25) is 4.98 Å². The second-order valence-electron chi connectivity index (χ2n) is 5.30. The highest BCUT2D eigenvalue weighted by molar-refractivity contribution is 5.67. The molecule has 0 spiro atoms. The first-order valence-electron chi connectivity index (χ1n) is 7.58. The number of hydrogen-bond donors (Lipinski definition) is 4. The Kier molecular flexibility index (Phi) is 6.53. The van der Waals surface area contributed by atoms with E-state index < -0.39 is 18.3 Å². The van der Waals surface area contributed by atoms with Gasteiger partial charge in [0.15, 0.2) is 0 Å². The third-order valence-electron chi connectivity index (χ3n) is 3.39. The molecule has 7 heteroatoms. The molecule has 1 heterocycles. The smallest absolute Gasteiger partial charge is 0.407 e. The fourth-order valence-corrected chi connectivity index (χ4v) is 2.08. The number of aromatic nitrogens is 1. The van der Waals surface area contributed by atoms with Crippen LogP contribution >= 0.6 is 0 Å². The fraction of sp³-hybridized carbons (Fsp3) is 0.294. The monoisotopic (exact) mass is 331 g/mol. The van der Waals surface area contributed by atoms with Gasteiger partial charge >= 0.3 is 6.09 Å². The average Bonchev–Trinajstić information content (AvgIpc) is 2.60. The first-order chi connectivity index (χ1) is 11.6. The predicted octanol–water partition coefficient (Wildman–Crippen LogP) is 1.37. The lowest BCUT2D eigenvalue weighted by atomic mass is 10.1. The summed E-state index contributed by atoms with van der Waals surface area (Å²) >= 11 is 0. The van der Waals surface area contributed by atoms with Gasteiger partial charge in [0.1, 0.15) is 12.7 Å². The van der Waals surface area contributed by atoms with Gasteiger partial charge in [-0.2, -0.15) is 0 Å². The lowest BCUT2D eigenvalue weighted by Crippen LogP contribution is -2.30. The van der Waals surface area contributed by atoms with E-state index in [2.05, 4.69) is 10.3 Å². The lowest BCUT2D eigenvalue weighted by molar-refractivity contribution is 0.0112. The van der Waals surface area contributed by atoms with Crippen molar-refractivity contribution >= 4 is 11.8 Å². The van der Waals surface area contributed by atoms with Gasteiger partial charge in [-0.1, -0.05) is 30.3 Å². The summed E-state index contributed by atoms with van der Waals surface area (Å²) in [6, 6.07) is 12.4. The highest BCUT2D eigenvalue weighted by atomic mass is 16.5. The highest BCUT2D eigenvalue weighted by Gasteiger charge is 2.19. The summed E-state index contributed by atoms with van der Waals surface area (Å²) < 4.78 is 5.05. The SMILES string of the molecule is Nc1ccnc(C(O)C(O)CCNC(=O)OCc2ccccc2)c1. The second kappa shape index (κ2) is 8.85. The molecule has 7 nitrogen and oxygen atoms in total. The number of aliphatic hydroxyl groups is 2. The number of aliphatic hydroxyl groups excluding tert-OH is 2. The highest BCUT2D eigenvalue weighted by Crippen LogP contribution is 2.18. The van der Waals surface area contributed by atoms with Crippen LogP contribution in [0.1, 0.15) is 23.8 Å². The summed E-state index contributed by atoms with van der Waals surface area (Å²) in [5.41, 5.74) is 7.24. The number of carbonyl (C=O) groups is 1. The number of nitrogens with zero attached hydrogens (tertiary/aromatic N) is 1. The quantitative estimate of drug-likeness (QED) is 0.609. The molecular formula is C17H21N3O4. The third kappa shape index (κ3) is 5.53. The van der Waals surface area contributed by atoms with E-state index in [1.807, 2.05) is 30.3 Å². The molecule has 0 bridgehead atoms.